The first-order chi connectivity index (χ1) is 12.5. The number of thiazole rings is 1. The summed E-state index contributed by atoms with van der Waals surface area (Å²) in [6.45, 7) is 2.10. The third kappa shape index (κ3) is 5.03. The third-order valence-electron chi connectivity index (χ3n) is 3.52. The molecule has 4 nitrogen and oxygen atoms in total. The number of hydrogen-bond donors (Lipinski definition) is 1. The normalized spacial score (nSPS) is 10.6. The van der Waals surface area contributed by atoms with Gasteiger partial charge >= 0.3 is 0 Å². The molecule has 0 saturated heterocycles. The first kappa shape index (κ1) is 18.4. The van der Waals surface area contributed by atoms with E-state index in [9.17, 15) is 9.18 Å². The number of benzene rings is 2. The van der Waals surface area contributed by atoms with E-state index in [0.717, 1.165) is 10.6 Å². The topological polar surface area (TPSA) is 51.2 Å². The van der Waals surface area contributed by atoms with Crippen LogP contribution in [0.25, 0.3) is 0 Å². The molecule has 1 amide bonds. The Hall–Kier alpha value is -2.44. The maximum atomic E-state index is 13.8. The predicted molar refractivity (Wildman–Crippen MR) is 101 cm³/mol. The summed E-state index contributed by atoms with van der Waals surface area (Å²) in [4.78, 5) is 16.5. The van der Waals surface area contributed by atoms with Crippen molar-refractivity contribution in [1.82, 2.24) is 4.98 Å². The molecule has 0 unspecified atom stereocenters. The molecule has 0 saturated carbocycles. The van der Waals surface area contributed by atoms with Gasteiger partial charge in [-0.1, -0.05) is 17.7 Å². The second-order valence-corrected chi connectivity index (χ2v) is 7.06. The summed E-state index contributed by atoms with van der Waals surface area (Å²) in [7, 11) is 0. The molecule has 1 aromatic heterocycles. The van der Waals surface area contributed by atoms with Crippen LogP contribution in [-0.2, 0) is 17.8 Å². The number of amides is 1. The molecule has 0 aliphatic carbocycles. The summed E-state index contributed by atoms with van der Waals surface area (Å²) in [5, 5.41) is 5.76. The van der Waals surface area contributed by atoms with Gasteiger partial charge in [0.15, 0.2) is 0 Å². The molecular weight excluding hydrogens is 375 g/mol. The van der Waals surface area contributed by atoms with E-state index in [1.807, 2.05) is 0 Å². The summed E-state index contributed by atoms with van der Waals surface area (Å²) in [5.41, 5.74) is 1.59. The van der Waals surface area contributed by atoms with Crippen LogP contribution in [0.15, 0.2) is 47.8 Å². The largest absolute Gasteiger partial charge is 0.486 e. The van der Waals surface area contributed by atoms with Crippen LogP contribution in [0.1, 0.15) is 16.3 Å². The lowest BCUT2D eigenvalue weighted by atomic mass is 10.2. The molecular formula is C19H16ClFN2O2S. The molecule has 0 fully saturated rings. The fourth-order valence-electron chi connectivity index (χ4n) is 2.25. The average molecular weight is 391 g/mol. The Morgan fingerprint density at radius 3 is 2.77 bits per heavy atom. The van der Waals surface area contributed by atoms with Gasteiger partial charge in [-0.2, -0.15) is 0 Å². The molecule has 1 N–H and O–H groups in total. The van der Waals surface area contributed by atoms with Crippen LogP contribution in [-0.4, -0.2) is 10.9 Å². The average Bonchev–Trinajstić information content (AvgIpc) is 3.04. The minimum atomic E-state index is -0.450. The molecule has 3 aromatic rings. The number of ether oxygens (including phenoxy) is 1. The van der Waals surface area contributed by atoms with Gasteiger partial charge in [-0.05, 0) is 48.9 Å². The van der Waals surface area contributed by atoms with Crippen molar-refractivity contribution < 1.29 is 13.9 Å². The summed E-state index contributed by atoms with van der Waals surface area (Å²) >= 11 is 7.24. The van der Waals surface area contributed by atoms with Gasteiger partial charge in [-0.3, -0.25) is 4.79 Å². The molecule has 2 aromatic carbocycles. The van der Waals surface area contributed by atoms with Crippen LogP contribution < -0.4 is 10.1 Å². The van der Waals surface area contributed by atoms with Crippen molar-refractivity contribution in [2.24, 2.45) is 0 Å². The first-order valence-corrected chi connectivity index (χ1v) is 9.13. The van der Waals surface area contributed by atoms with Crippen LogP contribution in [0.3, 0.4) is 0 Å². The number of hydrogen-bond acceptors (Lipinski definition) is 4. The standard InChI is InChI=1S/C19H16ClFN2O2S/c1-12-2-7-17(16(21)8-12)23-18(24)9-14-11-26-19(22-14)10-25-15-5-3-13(20)4-6-15/h2-8,11H,9-10H2,1H3,(H,23,24). The highest BCUT2D eigenvalue weighted by atomic mass is 35.5. The number of aromatic nitrogens is 1. The maximum absolute atomic E-state index is 13.8. The molecule has 0 radical (unpaired) electrons. The number of carbonyl (C=O) groups excluding carboxylic acids is 1. The monoisotopic (exact) mass is 390 g/mol. The Bertz CT molecular complexity index is 912. The molecule has 3 rings (SSSR count). The van der Waals surface area contributed by atoms with E-state index in [2.05, 4.69) is 10.3 Å². The second-order valence-electron chi connectivity index (χ2n) is 5.68. The van der Waals surface area contributed by atoms with Crippen molar-refractivity contribution >= 4 is 34.5 Å². The Kier molecular flexibility index (Phi) is 5.85. The van der Waals surface area contributed by atoms with Crippen molar-refractivity contribution in [3.8, 4) is 5.75 Å². The Balaban J connectivity index is 1.54. The number of rotatable bonds is 6. The van der Waals surface area contributed by atoms with Crippen LogP contribution >= 0.6 is 22.9 Å². The highest BCUT2D eigenvalue weighted by Gasteiger charge is 2.11. The molecule has 0 aliphatic heterocycles. The zero-order valence-corrected chi connectivity index (χ0v) is 15.5. The molecule has 0 bridgehead atoms. The molecule has 26 heavy (non-hydrogen) atoms. The number of anilines is 1. The Morgan fingerprint density at radius 1 is 1.27 bits per heavy atom. The van der Waals surface area contributed by atoms with Gasteiger partial charge < -0.3 is 10.1 Å². The summed E-state index contributed by atoms with van der Waals surface area (Å²) in [5.74, 6) is -0.0735. The number of aryl methyl sites for hydroxylation is 1. The third-order valence-corrected chi connectivity index (χ3v) is 4.64. The lowest BCUT2D eigenvalue weighted by Gasteiger charge is -2.06. The van der Waals surface area contributed by atoms with E-state index in [4.69, 9.17) is 16.3 Å². The van der Waals surface area contributed by atoms with E-state index in [1.165, 1.54) is 17.4 Å². The van der Waals surface area contributed by atoms with Crippen molar-refractivity contribution in [2.45, 2.75) is 20.0 Å². The predicted octanol–water partition coefficient (Wildman–Crippen LogP) is 5.00. The van der Waals surface area contributed by atoms with Crippen LogP contribution in [0, 0.1) is 12.7 Å². The van der Waals surface area contributed by atoms with E-state index in [-0.39, 0.29) is 18.0 Å². The van der Waals surface area contributed by atoms with Gasteiger partial charge in [-0.25, -0.2) is 9.37 Å². The fourth-order valence-corrected chi connectivity index (χ4v) is 3.08. The number of carbonyl (C=O) groups is 1. The van der Waals surface area contributed by atoms with Gasteiger partial charge in [-0.15, -0.1) is 11.3 Å². The fraction of sp³-hybridized carbons (Fsp3) is 0.158. The summed E-state index contributed by atoms with van der Waals surface area (Å²) in [6.07, 6.45) is 0.0742. The minimum absolute atomic E-state index is 0.0742. The molecule has 1 heterocycles. The first-order valence-electron chi connectivity index (χ1n) is 7.87. The summed E-state index contributed by atoms with van der Waals surface area (Å²) in [6, 6.07) is 11.7. The van der Waals surface area contributed by atoms with Gasteiger partial charge in [0.05, 0.1) is 17.8 Å². The SMILES string of the molecule is Cc1ccc(NC(=O)Cc2csc(COc3ccc(Cl)cc3)n2)c(F)c1. The Labute approximate surface area is 159 Å². The summed E-state index contributed by atoms with van der Waals surface area (Å²) < 4.78 is 19.4. The zero-order chi connectivity index (χ0) is 18.5. The molecule has 0 spiro atoms. The molecule has 0 atom stereocenters. The highest BCUT2D eigenvalue weighted by Crippen LogP contribution is 2.19. The van der Waals surface area contributed by atoms with E-state index < -0.39 is 5.82 Å². The van der Waals surface area contributed by atoms with Crippen molar-refractivity contribution in [3.05, 3.63) is 74.9 Å². The Morgan fingerprint density at radius 2 is 2.04 bits per heavy atom. The molecule has 134 valence electrons. The number of nitrogens with one attached hydrogen (secondary N) is 1. The maximum Gasteiger partial charge on any atom is 0.230 e. The van der Waals surface area contributed by atoms with Gasteiger partial charge in [0.1, 0.15) is 23.2 Å². The number of nitrogens with zero attached hydrogens (tertiary/aromatic N) is 1. The quantitative estimate of drug-likeness (QED) is 0.644. The molecule has 7 heteroatoms. The lowest BCUT2D eigenvalue weighted by molar-refractivity contribution is -0.115. The second kappa shape index (κ2) is 8.29. The van der Waals surface area contributed by atoms with Crippen molar-refractivity contribution in [2.75, 3.05) is 5.32 Å². The highest BCUT2D eigenvalue weighted by molar-refractivity contribution is 7.09. The minimum Gasteiger partial charge on any atom is -0.486 e. The van der Waals surface area contributed by atoms with Crippen molar-refractivity contribution in [1.29, 1.82) is 0 Å². The van der Waals surface area contributed by atoms with Crippen LogP contribution in [0.2, 0.25) is 5.02 Å². The van der Waals surface area contributed by atoms with Crippen molar-refractivity contribution in [3.63, 3.8) is 0 Å². The molecule has 0 aliphatic rings. The lowest BCUT2D eigenvalue weighted by Crippen LogP contribution is -2.15. The van der Waals surface area contributed by atoms with Gasteiger partial charge in [0, 0.05) is 10.4 Å². The van der Waals surface area contributed by atoms with Gasteiger partial charge in [0.2, 0.25) is 5.91 Å². The van der Waals surface area contributed by atoms with Crippen LogP contribution in [0.5, 0.6) is 5.75 Å². The number of halogens is 2. The van der Waals surface area contributed by atoms with E-state index in [1.54, 1.807) is 48.7 Å². The van der Waals surface area contributed by atoms with Gasteiger partial charge in [0.25, 0.3) is 0 Å². The zero-order valence-electron chi connectivity index (χ0n) is 14.0. The smallest absolute Gasteiger partial charge is 0.230 e. The van der Waals surface area contributed by atoms with Crippen LogP contribution in [0.4, 0.5) is 10.1 Å². The van der Waals surface area contributed by atoms with E-state index >= 15 is 0 Å². The van der Waals surface area contributed by atoms with E-state index in [0.29, 0.717) is 23.1 Å².